The summed E-state index contributed by atoms with van der Waals surface area (Å²) in [6.07, 6.45) is 49.8. The van der Waals surface area contributed by atoms with Crippen molar-refractivity contribution < 1.29 is 26.5 Å². The normalized spacial score (nSPS) is 12.0. The van der Waals surface area contributed by atoms with Crippen molar-refractivity contribution in [2.45, 2.75) is 260 Å². The van der Waals surface area contributed by atoms with Gasteiger partial charge in [-0.2, -0.15) is 0 Å². The van der Waals surface area contributed by atoms with Crippen molar-refractivity contribution in [1.29, 1.82) is 0 Å². The van der Waals surface area contributed by atoms with E-state index in [1.165, 1.54) is 267 Å². The Morgan fingerprint density at radius 1 is 0.291 bits per heavy atom. The Labute approximate surface area is 348 Å². The van der Waals surface area contributed by atoms with Crippen LogP contribution in [0, 0.1) is 0 Å². The van der Waals surface area contributed by atoms with Crippen LogP contribution < -0.4 is 0 Å². The van der Waals surface area contributed by atoms with Gasteiger partial charge < -0.3 is 18.1 Å². The maximum absolute atomic E-state index is 8.52. The second-order valence-electron chi connectivity index (χ2n) is 17.7. The Morgan fingerprint density at radius 2 is 0.418 bits per heavy atom. The summed E-state index contributed by atoms with van der Waals surface area (Å²) in [5.74, 6) is 0. The smallest absolute Gasteiger partial charge is 0.0784 e. The SMILES string of the molecule is CCCCCCCCCCCCCCCCCCC[N+](C)(CC)CC.CCCCCCCCCCCCCCCCCCC[N+](C)(CC)CC.O=S(=O)([O-])[O-]. The van der Waals surface area contributed by atoms with E-state index >= 15 is 0 Å². The van der Waals surface area contributed by atoms with Crippen molar-refractivity contribution >= 4 is 10.4 Å². The molecule has 0 radical (unpaired) electrons. The molecule has 0 rings (SSSR count). The minimum absolute atomic E-state index is 1.26. The molecule has 0 aliphatic heterocycles. The molecular formula is C48H104N2O4S. The van der Waals surface area contributed by atoms with Gasteiger partial charge in [-0.25, -0.2) is 0 Å². The number of hydrogen-bond donors (Lipinski definition) is 0. The molecule has 0 bridgehead atoms. The zero-order valence-electron chi connectivity index (χ0n) is 39.2. The quantitative estimate of drug-likeness (QED) is 0.0267. The Bertz CT molecular complexity index is 755. The Morgan fingerprint density at radius 3 is 0.545 bits per heavy atom. The molecule has 336 valence electrons. The van der Waals surface area contributed by atoms with Crippen molar-refractivity contribution in [3.63, 3.8) is 0 Å². The topological polar surface area (TPSA) is 80.3 Å². The summed E-state index contributed by atoms with van der Waals surface area (Å²) in [6.45, 7) is 21.8. The van der Waals surface area contributed by atoms with Gasteiger partial charge in [0.2, 0.25) is 0 Å². The maximum Gasteiger partial charge on any atom is 0.0784 e. The minimum atomic E-state index is -5.17. The van der Waals surface area contributed by atoms with Crippen molar-refractivity contribution in [2.75, 3.05) is 53.4 Å². The van der Waals surface area contributed by atoms with E-state index < -0.39 is 10.4 Å². The third-order valence-electron chi connectivity index (χ3n) is 12.7. The predicted octanol–water partition coefficient (Wildman–Crippen LogP) is 14.9. The third kappa shape index (κ3) is 53.8. The lowest BCUT2D eigenvalue weighted by Gasteiger charge is -2.32. The van der Waals surface area contributed by atoms with Crippen LogP contribution >= 0.6 is 0 Å². The lowest BCUT2D eigenvalue weighted by atomic mass is 10.0. The molecule has 0 heterocycles. The lowest BCUT2D eigenvalue weighted by molar-refractivity contribution is -0.906. The van der Waals surface area contributed by atoms with Crippen molar-refractivity contribution in [2.24, 2.45) is 0 Å². The average Bonchev–Trinajstić information content (AvgIpc) is 3.16. The summed E-state index contributed by atoms with van der Waals surface area (Å²) in [4.78, 5) is 0. The highest BCUT2D eigenvalue weighted by Crippen LogP contribution is 2.16. The van der Waals surface area contributed by atoms with E-state index in [9.17, 15) is 0 Å². The number of hydrogen-bond acceptors (Lipinski definition) is 4. The molecule has 7 heteroatoms. The summed E-state index contributed by atoms with van der Waals surface area (Å²) in [7, 11) is -0.348. The second-order valence-corrected chi connectivity index (χ2v) is 18.5. The van der Waals surface area contributed by atoms with Crippen LogP contribution in [0.15, 0.2) is 0 Å². The first kappa shape index (κ1) is 59.1. The fraction of sp³-hybridized carbons (Fsp3) is 1.00. The molecule has 6 nitrogen and oxygen atoms in total. The molecule has 0 N–H and O–H groups in total. The average molecular weight is 805 g/mol. The summed E-state index contributed by atoms with van der Waals surface area (Å²) in [5, 5.41) is 0. The molecule has 0 amide bonds. The van der Waals surface area contributed by atoms with Gasteiger partial charge in [0, 0.05) is 10.4 Å². The molecule has 0 aromatic carbocycles. The van der Waals surface area contributed by atoms with Gasteiger partial charge in [-0.05, 0) is 53.4 Å². The molecule has 0 aromatic rings. The Balaban J connectivity index is -0.000000874. The van der Waals surface area contributed by atoms with Crippen molar-refractivity contribution in [3.8, 4) is 0 Å². The number of unbranched alkanes of at least 4 members (excludes halogenated alkanes) is 32. The molecule has 0 aliphatic rings. The van der Waals surface area contributed by atoms with Crippen LogP contribution in [0.5, 0.6) is 0 Å². The van der Waals surface area contributed by atoms with Gasteiger partial charge in [-0.3, -0.25) is 8.42 Å². The van der Waals surface area contributed by atoms with E-state index in [4.69, 9.17) is 17.5 Å². The number of rotatable bonds is 40. The van der Waals surface area contributed by atoms with Gasteiger partial charge in [0.15, 0.2) is 0 Å². The molecule has 0 fully saturated rings. The molecule has 0 spiro atoms. The van der Waals surface area contributed by atoms with Crippen LogP contribution in [0.1, 0.15) is 260 Å². The highest BCUT2D eigenvalue weighted by Gasteiger charge is 2.15. The minimum Gasteiger partial charge on any atom is -0.759 e. The Hall–Kier alpha value is -0.210. The van der Waals surface area contributed by atoms with Crippen molar-refractivity contribution in [1.82, 2.24) is 0 Å². The first-order valence-corrected chi connectivity index (χ1v) is 26.0. The molecule has 55 heavy (non-hydrogen) atoms. The van der Waals surface area contributed by atoms with Gasteiger partial charge in [-0.1, -0.05) is 206 Å². The summed E-state index contributed by atoms with van der Waals surface area (Å²) < 4.78 is 36.6. The van der Waals surface area contributed by atoms with Crippen molar-refractivity contribution in [3.05, 3.63) is 0 Å². The monoisotopic (exact) mass is 805 g/mol. The zero-order chi connectivity index (χ0) is 41.8. The Kier molecular flexibility index (Phi) is 48.2. The fourth-order valence-corrected chi connectivity index (χ4v) is 7.52. The van der Waals surface area contributed by atoms with E-state index in [0.717, 1.165) is 0 Å². The van der Waals surface area contributed by atoms with Crippen LogP contribution in [-0.4, -0.2) is 79.9 Å². The second kappa shape index (κ2) is 44.9. The van der Waals surface area contributed by atoms with Crippen LogP contribution in [0.3, 0.4) is 0 Å². The standard InChI is InChI=1S/2C24H52N.H2O4S/c2*1-5-8-9-10-11-12-13-14-15-16-17-18-19-20-21-22-23-24-25(4,6-2)7-3;1-5(2,3)4/h2*5-24H2,1-4H3;(H2,1,2,3,4)/q2*+1;/p-2. The van der Waals surface area contributed by atoms with E-state index in [1.54, 1.807) is 0 Å². The molecule has 0 saturated heterocycles. The number of nitrogens with zero attached hydrogens (tertiary/aromatic N) is 2. The highest BCUT2D eigenvalue weighted by molar-refractivity contribution is 7.79. The zero-order valence-corrected chi connectivity index (χ0v) is 40.0. The first-order valence-electron chi connectivity index (χ1n) is 24.7. The van der Waals surface area contributed by atoms with E-state index in [2.05, 4.69) is 55.6 Å². The third-order valence-corrected chi connectivity index (χ3v) is 12.7. The van der Waals surface area contributed by atoms with Crippen LogP contribution in [0.25, 0.3) is 0 Å². The van der Waals surface area contributed by atoms with Gasteiger partial charge in [0.25, 0.3) is 0 Å². The largest absolute Gasteiger partial charge is 0.759 e. The van der Waals surface area contributed by atoms with Crippen LogP contribution in [0.4, 0.5) is 0 Å². The van der Waals surface area contributed by atoms with Gasteiger partial charge in [0.05, 0.1) is 53.4 Å². The maximum atomic E-state index is 8.52. The summed E-state index contributed by atoms with van der Waals surface area (Å²) in [5.41, 5.74) is 0. The first-order chi connectivity index (χ1) is 26.4. The van der Waals surface area contributed by atoms with Gasteiger partial charge in [0.1, 0.15) is 0 Å². The van der Waals surface area contributed by atoms with Gasteiger partial charge >= 0.3 is 0 Å². The van der Waals surface area contributed by atoms with E-state index in [0.29, 0.717) is 0 Å². The molecule has 0 aliphatic carbocycles. The molecule has 0 unspecified atom stereocenters. The molecular weight excluding hydrogens is 701 g/mol. The van der Waals surface area contributed by atoms with E-state index in [1.807, 2.05) is 0 Å². The van der Waals surface area contributed by atoms with Crippen LogP contribution in [-0.2, 0) is 10.4 Å². The molecule has 0 saturated carbocycles. The molecule has 0 aromatic heterocycles. The fourth-order valence-electron chi connectivity index (χ4n) is 7.52. The lowest BCUT2D eigenvalue weighted by Crippen LogP contribution is -2.44. The molecule has 0 atom stereocenters. The summed E-state index contributed by atoms with van der Waals surface area (Å²) >= 11 is 0. The summed E-state index contributed by atoms with van der Waals surface area (Å²) in [6, 6.07) is 0. The predicted molar refractivity (Wildman–Crippen MR) is 243 cm³/mol. The highest BCUT2D eigenvalue weighted by atomic mass is 32.3. The van der Waals surface area contributed by atoms with E-state index in [-0.39, 0.29) is 0 Å². The number of quaternary nitrogens is 2. The van der Waals surface area contributed by atoms with Crippen LogP contribution in [0.2, 0.25) is 0 Å². The van der Waals surface area contributed by atoms with Gasteiger partial charge in [-0.15, -0.1) is 0 Å².